The molecule has 0 aromatic carbocycles. The van der Waals surface area contributed by atoms with Crippen molar-refractivity contribution in [3.05, 3.63) is 0 Å². The second kappa shape index (κ2) is 9.76. The Labute approximate surface area is 114 Å². The lowest BCUT2D eigenvalue weighted by molar-refractivity contribution is 0.159. The molecule has 4 N–H and O–H groups in total. The zero-order valence-corrected chi connectivity index (χ0v) is 12.8. The summed E-state index contributed by atoms with van der Waals surface area (Å²) < 4.78 is 0. The standard InChI is InChI=1S/C15H34N2O/c1-5-6-7-8-9-10-15(4,12-16)17-13(2)11-14(3)18/h13-14,17-18H,5-12,16H2,1-4H3. The summed E-state index contributed by atoms with van der Waals surface area (Å²) in [5.74, 6) is 0. The fourth-order valence-electron chi connectivity index (χ4n) is 2.52. The van der Waals surface area contributed by atoms with E-state index in [0.717, 1.165) is 12.8 Å². The Balaban J connectivity index is 3.93. The van der Waals surface area contributed by atoms with Gasteiger partial charge in [-0.15, -0.1) is 0 Å². The van der Waals surface area contributed by atoms with Crippen LogP contribution in [0.2, 0.25) is 0 Å². The molecule has 0 heterocycles. The van der Waals surface area contributed by atoms with E-state index < -0.39 is 0 Å². The largest absolute Gasteiger partial charge is 0.393 e. The van der Waals surface area contributed by atoms with Crippen molar-refractivity contribution >= 4 is 0 Å². The second-order valence-electron chi connectivity index (χ2n) is 6.06. The highest BCUT2D eigenvalue weighted by molar-refractivity contribution is 4.86. The maximum Gasteiger partial charge on any atom is 0.0526 e. The van der Waals surface area contributed by atoms with E-state index in [4.69, 9.17) is 5.73 Å². The van der Waals surface area contributed by atoms with Gasteiger partial charge in [0.15, 0.2) is 0 Å². The summed E-state index contributed by atoms with van der Waals surface area (Å²) in [4.78, 5) is 0. The second-order valence-corrected chi connectivity index (χ2v) is 6.06. The van der Waals surface area contributed by atoms with E-state index in [9.17, 15) is 5.11 Å². The lowest BCUT2D eigenvalue weighted by Gasteiger charge is -2.33. The van der Waals surface area contributed by atoms with Gasteiger partial charge in [0, 0.05) is 18.1 Å². The lowest BCUT2D eigenvalue weighted by atomic mass is 9.92. The van der Waals surface area contributed by atoms with Gasteiger partial charge in [0.05, 0.1) is 6.10 Å². The monoisotopic (exact) mass is 258 g/mol. The quantitative estimate of drug-likeness (QED) is 0.499. The van der Waals surface area contributed by atoms with Crippen molar-refractivity contribution in [1.29, 1.82) is 0 Å². The summed E-state index contributed by atoms with van der Waals surface area (Å²) in [5, 5.41) is 13.0. The molecule has 0 rings (SSSR count). The number of hydrogen-bond donors (Lipinski definition) is 3. The van der Waals surface area contributed by atoms with Gasteiger partial charge in [-0.3, -0.25) is 0 Å². The van der Waals surface area contributed by atoms with Crippen molar-refractivity contribution in [2.45, 2.75) is 90.3 Å². The molecule has 3 nitrogen and oxygen atoms in total. The van der Waals surface area contributed by atoms with Crippen LogP contribution in [0.1, 0.15) is 72.6 Å². The van der Waals surface area contributed by atoms with E-state index >= 15 is 0 Å². The Morgan fingerprint density at radius 3 is 2.28 bits per heavy atom. The topological polar surface area (TPSA) is 58.3 Å². The summed E-state index contributed by atoms with van der Waals surface area (Å²) >= 11 is 0. The first-order valence-corrected chi connectivity index (χ1v) is 7.59. The van der Waals surface area contributed by atoms with E-state index in [1.54, 1.807) is 0 Å². The normalized spacial score (nSPS) is 18.3. The number of rotatable bonds is 11. The van der Waals surface area contributed by atoms with Gasteiger partial charge in [0.25, 0.3) is 0 Å². The molecule has 0 saturated heterocycles. The molecule has 0 aromatic heterocycles. The summed E-state index contributed by atoms with van der Waals surface area (Å²) in [5.41, 5.74) is 5.92. The lowest BCUT2D eigenvalue weighted by Crippen LogP contribution is -2.52. The Morgan fingerprint density at radius 1 is 1.17 bits per heavy atom. The predicted octanol–water partition coefficient (Wildman–Crippen LogP) is 2.81. The van der Waals surface area contributed by atoms with Crippen LogP contribution in [0.5, 0.6) is 0 Å². The van der Waals surface area contributed by atoms with Gasteiger partial charge in [-0.1, -0.05) is 39.0 Å². The molecular formula is C15H34N2O. The Bertz CT molecular complexity index is 197. The van der Waals surface area contributed by atoms with E-state index in [1.165, 1.54) is 32.1 Å². The first-order valence-electron chi connectivity index (χ1n) is 7.59. The summed E-state index contributed by atoms with van der Waals surface area (Å²) in [7, 11) is 0. The number of aliphatic hydroxyl groups excluding tert-OH is 1. The first kappa shape index (κ1) is 17.9. The van der Waals surface area contributed by atoms with E-state index in [2.05, 4.69) is 26.1 Å². The van der Waals surface area contributed by atoms with Gasteiger partial charge in [-0.25, -0.2) is 0 Å². The van der Waals surface area contributed by atoms with Gasteiger partial charge in [-0.05, 0) is 33.6 Å². The third-order valence-electron chi connectivity index (χ3n) is 3.57. The molecule has 0 saturated carbocycles. The maximum atomic E-state index is 9.39. The number of aliphatic hydroxyl groups is 1. The van der Waals surface area contributed by atoms with Crippen molar-refractivity contribution in [1.82, 2.24) is 5.32 Å². The van der Waals surface area contributed by atoms with Crippen LogP contribution in [-0.2, 0) is 0 Å². The highest BCUT2D eigenvalue weighted by atomic mass is 16.3. The van der Waals surface area contributed by atoms with Crippen molar-refractivity contribution < 1.29 is 5.11 Å². The molecule has 0 aliphatic carbocycles. The average Bonchev–Trinajstić information content (AvgIpc) is 2.27. The van der Waals surface area contributed by atoms with Gasteiger partial charge < -0.3 is 16.2 Å². The molecule has 0 amide bonds. The van der Waals surface area contributed by atoms with Crippen LogP contribution in [-0.4, -0.2) is 29.3 Å². The van der Waals surface area contributed by atoms with Gasteiger partial charge in [0.1, 0.15) is 0 Å². The zero-order valence-electron chi connectivity index (χ0n) is 12.8. The SMILES string of the molecule is CCCCCCCC(C)(CN)NC(C)CC(C)O. The van der Waals surface area contributed by atoms with Crippen molar-refractivity contribution in [3.63, 3.8) is 0 Å². The third-order valence-corrected chi connectivity index (χ3v) is 3.57. The molecule has 110 valence electrons. The van der Waals surface area contributed by atoms with Crippen LogP contribution in [0, 0.1) is 0 Å². The van der Waals surface area contributed by atoms with Gasteiger partial charge in [-0.2, -0.15) is 0 Å². The number of nitrogens with two attached hydrogens (primary N) is 1. The molecule has 0 fully saturated rings. The van der Waals surface area contributed by atoms with Crippen molar-refractivity contribution in [3.8, 4) is 0 Å². The molecule has 0 aromatic rings. The molecule has 0 bridgehead atoms. The summed E-state index contributed by atoms with van der Waals surface area (Å²) in [6.07, 6.45) is 8.16. The van der Waals surface area contributed by atoms with Crippen LogP contribution in [0.4, 0.5) is 0 Å². The molecule has 0 radical (unpaired) electrons. The van der Waals surface area contributed by atoms with Crippen LogP contribution < -0.4 is 11.1 Å². The fraction of sp³-hybridized carbons (Fsp3) is 1.00. The van der Waals surface area contributed by atoms with Gasteiger partial charge in [0.2, 0.25) is 0 Å². The third kappa shape index (κ3) is 8.90. The highest BCUT2D eigenvalue weighted by Gasteiger charge is 2.23. The number of hydrogen-bond acceptors (Lipinski definition) is 3. The smallest absolute Gasteiger partial charge is 0.0526 e. The molecule has 0 aliphatic rings. The molecular weight excluding hydrogens is 224 g/mol. The highest BCUT2D eigenvalue weighted by Crippen LogP contribution is 2.16. The van der Waals surface area contributed by atoms with Crippen LogP contribution >= 0.6 is 0 Å². The molecule has 3 unspecified atom stereocenters. The van der Waals surface area contributed by atoms with Crippen molar-refractivity contribution in [2.24, 2.45) is 5.73 Å². The van der Waals surface area contributed by atoms with Crippen molar-refractivity contribution in [2.75, 3.05) is 6.54 Å². The van der Waals surface area contributed by atoms with Gasteiger partial charge >= 0.3 is 0 Å². The number of unbranched alkanes of at least 4 members (excludes halogenated alkanes) is 4. The van der Waals surface area contributed by atoms with Crippen LogP contribution in [0.15, 0.2) is 0 Å². The van der Waals surface area contributed by atoms with Crippen LogP contribution in [0.25, 0.3) is 0 Å². The minimum absolute atomic E-state index is 0.0144. The molecule has 3 heteroatoms. The van der Waals surface area contributed by atoms with E-state index in [-0.39, 0.29) is 11.6 Å². The Kier molecular flexibility index (Phi) is 9.70. The van der Waals surface area contributed by atoms with Crippen LogP contribution in [0.3, 0.4) is 0 Å². The summed E-state index contributed by atoms with van der Waals surface area (Å²) in [6, 6.07) is 0.314. The molecule has 0 aliphatic heterocycles. The predicted molar refractivity (Wildman–Crippen MR) is 79.7 cm³/mol. The Morgan fingerprint density at radius 2 is 1.78 bits per heavy atom. The minimum atomic E-state index is -0.251. The number of nitrogens with one attached hydrogen (secondary N) is 1. The summed E-state index contributed by atoms with van der Waals surface area (Å²) in [6.45, 7) is 9.06. The average molecular weight is 258 g/mol. The van der Waals surface area contributed by atoms with E-state index in [0.29, 0.717) is 12.6 Å². The first-order chi connectivity index (χ1) is 8.43. The molecule has 0 spiro atoms. The Hall–Kier alpha value is -0.120. The molecule has 3 atom stereocenters. The maximum absolute atomic E-state index is 9.39. The zero-order chi connectivity index (χ0) is 14.0. The fourth-order valence-corrected chi connectivity index (χ4v) is 2.52. The molecule has 18 heavy (non-hydrogen) atoms. The minimum Gasteiger partial charge on any atom is -0.393 e. The van der Waals surface area contributed by atoms with E-state index in [1.807, 2.05) is 6.92 Å².